The fourth-order valence-electron chi connectivity index (χ4n) is 4.50. The molecule has 0 aromatic rings. The summed E-state index contributed by atoms with van der Waals surface area (Å²) in [6.45, 7) is 10.8. The molecule has 0 amide bonds. The maximum Gasteiger partial charge on any atom is 0.0251 e. The molecule has 20 heavy (non-hydrogen) atoms. The Balaban J connectivity index is 1.92. The third kappa shape index (κ3) is 4.21. The highest BCUT2D eigenvalue weighted by Gasteiger charge is 2.34. The molecule has 1 aliphatic carbocycles. The Morgan fingerprint density at radius 1 is 0.950 bits per heavy atom. The fraction of sp³-hybridized carbons (Fsp3) is 1.00. The number of likely N-dealkylation sites (tertiary alicyclic amines) is 1. The van der Waals surface area contributed by atoms with Crippen LogP contribution in [0, 0.1) is 11.8 Å². The van der Waals surface area contributed by atoms with Gasteiger partial charge in [0.15, 0.2) is 0 Å². The molecule has 3 unspecified atom stereocenters. The lowest BCUT2D eigenvalue weighted by Gasteiger charge is -2.45. The molecule has 1 N–H and O–H groups in total. The lowest BCUT2D eigenvalue weighted by atomic mass is 9.78. The molecule has 3 atom stereocenters. The predicted octanol–water partition coefficient (Wildman–Crippen LogP) is 4.06. The number of piperidine rings is 1. The molecule has 2 rings (SSSR count). The number of rotatable bonds is 6. The van der Waals surface area contributed by atoms with Crippen LogP contribution in [0.5, 0.6) is 0 Å². The first kappa shape index (κ1) is 16.3. The maximum atomic E-state index is 3.78. The van der Waals surface area contributed by atoms with E-state index in [1.165, 1.54) is 64.5 Å². The summed E-state index contributed by atoms with van der Waals surface area (Å²) in [5.74, 6) is 1.99. The van der Waals surface area contributed by atoms with Gasteiger partial charge in [0.05, 0.1) is 0 Å². The van der Waals surface area contributed by atoms with E-state index in [1.807, 2.05) is 0 Å². The third-order valence-corrected chi connectivity index (χ3v) is 5.78. The van der Waals surface area contributed by atoms with Crippen LogP contribution >= 0.6 is 0 Å². The van der Waals surface area contributed by atoms with Crippen molar-refractivity contribution in [3.05, 3.63) is 0 Å². The Kier molecular flexibility index (Phi) is 6.83. The minimum atomic E-state index is 0.756. The van der Waals surface area contributed by atoms with Gasteiger partial charge in [0.2, 0.25) is 0 Å². The summed E-state index contributed by atoms with van der Waals surface area (Å²) < 4.78 is 0. The highest BCUT2D eigenvalue weighted by atomic mass is 15.2. The van der Waals surface area contributed by atoms with Crippen molar-refractivity contribution in [3.8, 4) is 0 Å². The summed E-state index contributed by atoms with van der Waals surface area (Å²) in [6.07, 6.45) is 11.4. The van der Waals surface area contributed by atoms with E-state index in [0.29, 0.717) is 0 Å². The normalized spacial score (nSPS) is 33.5. The highest BCUT2D eigenvalue weighted by molar-refractivity contribution is 4.92. The van der Waals surface area contributed by atoms with E-state index >= 15 is 0 Å². The van der Waals surface area contributed by atoms with Gasteiger partial charge in [-0.15, -0.1) is 0 Å². The van der Waals surface area contributed by atoms with Gasteiger partial charge in [-0.25, -0.2) is 0 Å². The van der Waals surface area contributed by atoms with Crippen LogP contribution in [0.15, 0.2) is 0 Å². The zero-order valence-electron chi connectivity index (χ0n) is 14.0. The smallest absolute Gasteiger partial charge is 0.0251 e. The van der Waals surface area contributed by atoms with Crippen LogP contribution in [0.4, 0.5) is 0 Å². The molecular weight excluding hydrogens is 244 g/mol. The van der Waals surface area contributed by atoms with Gasteiger partial charge in [-0.05, 0) is 63.6 Å². The molecule has 1 saturated carbocycles. The second-order valence-corrected chi connectivity index (χ2v) is 7.09. The highest BCUT2D eigenvalue weighted by Crippen LogP contribution is 2.33. The number of likely N-dealkylation sites (N-methyl/N-ethyl adjacent to an activating group) is 1. The van der Waals surface area contributed by atoms with E-state index in [2.05, 4.69) is 31.0 Å². The van der Waals surface area contributed by atoms with E-state index < -0.39 is 0 Å². The summed E-state index contributed by atoms with van der Waals surface area (Å²) in [7, 11) is 0. The van der Waals surface area contributed by atoms with Crippen LogP contribution in [0.2, 0.25) is 0 Å². The zero-order chi connectivity index (χ0) is 14.4. The van der Waals surface area contributed by atoms with Gasteiger partial charge in [-0.3, -0.25) is 4.90 Å². The van der Waals surface area contributed by atoms with Crippen LogP contribution in [0.3, 0.4) is 0 Å². The topological polar surface area (TPSA) is 15.3 Å². The second kappa shape index (κ2) is 8.38. The fourth-order valence-corrected chi connectivity index (χ4v) is 4.50. The molecule has 0 aromatic heterocycles. The van der Waals surface area contributed by atoms with Crippen LogP contribution in [0.25, 0.3) is 0 Å². The molecule has 2 aliphatic rings. The predicted molar refractivity (Wildman–Crippen MR) is 88.1 cm³/mol. The van der Waals surface area contributed by atoms with Crippen molar-refractivity contribution < 1.29 is 0 Å². The molecule has 2 nitrogen and oxygen atoms in total. The zero-order valence-corrected chi connectivity index (χ0v) is 14.0. The van der Waals surface area contributed by atoms with Crippen molar-refractivity contribution >= 4 is 0 Å². The van der Waals surface area contributed by atoms with Crippen molar-refractivity contribution in [2.45, 2.75) is 84.2 Å². The van der Waals surface area contributed by atoms with Crippen molar-refractivity contribution in [3.63, 3.8) is 0 Å². The molecule has 0 spiro atoms. The minimum Gasteiger partial charge on any atom is -0.313 e. The number of hydrogen-bond acceptors (Lipinski definition) is 2. The van der Waals surface area contributed by atoms with Gasteiger partial charge >= 0.3 is 0 Å². The quantitative estimate of drug-likeness (QED) is 0.789. The first-order valence-corrected chi connectivity index (χ1v) is 9.25. The molecule has 0 bridgehead atoms. The summed E-state index contributed by atoms with van der Waals surface area (Å²) in [5.41, 5.74) is 0. The van der Waals surface area contributed by atoms with E-state index in [9.17, 15) is 0 Å². The first-order chi connectivity index (χ1) is 9.78. The van der Waals surface area contributed by atoms with E-state index in [4.69, 9.17) is 0 Å². The van der Waals surface area contributed by atoms with Crippen LogP contribution in [-0.4, -0.2) is 36.6 Å². The van der Waals surface area contributed by atoms with E-state index in [-0.39, 0.29) is 0 Å². The average molecular weight is 281 g/mol. The first-order valence-electron chi connectivity index (χ1n) is 9.25. The van der Waals surface area contributed by atoms with Crippen molar-refractivity contribution in [2.75, 3.05) is 19.6 Å². The maximum absolute atomic E-state index is 3.78. The lowest BCUT2D eigenvalue weighted by Crippen LogP contribution is -2.55. The van der Waals surface area contributed by atoms with Crippen molar-refractivity contribution in [2.24, 2.45) is 11.8 Å². The number of hydrogen-bond donors (Lipinski definition) is 1. The van der Waals surface area contributed by atoms with Gasteiger partial charge in [0, 0.05) is 12.1 Å². The Labute approximate surface area is 126 Å². The molecule has 2 fully saturated rings. The number of nitrogens with zero attached hydrogens (tertiary/aromatic N) is 1. The molecular formula is C18H36N2. The molecule has 118 valence electrons. The summed E-state index contributed by atoms with van der Waals surface area (Å²) in [6, 6.07) is 1.57. The Morgan fingerprint density at radius 3 is 2.30 bits per heavy atom. The molecule has 1 heterocycles. The summed E-state index contributed by atoms with van der Waals surface area (Å²) in [4.78, 5) is 2.83. The van der Waals surface area contributed by atoms with Gasteiger partial charge in [0.1, 0.15) is 0 Å². The van der Waals surface area contributed by atoms with Gasteiger partial charge in [-0.2, -0.15) is 0 Å². The summed E-state index contributed by atoms with van der Waals surface area (Å²) in [5, 5.41) is 3.78. The Hall–Kier alpha value is -0.0800. The van der Waals surface area contributed by atoms with Crippen molar-refractivity contribution in [1.82, 2.24) is 10.2 Å². The molecule has 1 aliphatic heterocycles. The minimum absolute atomic E-state index is 0.756. The average Bonchev–Trinajstić information content (AvgIpc) is 2.49. The third-order valence-electron chi connectivity index (χ3n) is 5.78. The standard InChI is InChI=1S/C18H36N2/c1-4-7-16-8-9-17(19-6-3)18(14-16)20-12-10-15(5-2)11-13-20/h15-19H,4-14H2,1-3H3. The Bertz CT molecular complexity index is 258. The van der Waals surface area contributed by atoms with Crippen LogP contribution in [-0.2, 0) is 0 Å². The SMILES string of the molecule is CCCC1CCC(NCC)C(N2CCC(CC)CC2)C1. The van der Waals surface area contributed by atoms with E-state index in [0.717, 1.165) is 30.5 Å². The monoisotopic (exact) mass is 280 g/mol. The van der Waals surface area contributed by atoms with Gasteiger partial charge in [0.25, 0.3) is 0 Å². The van der Waals surface area contributed by atoms with Gasteiger partial charge < -0.3 is 5.32 Å². The lowest BCUT2D eigenvalue weighted by molar-refractivity contribution is 0.0630. The Morgan fingerprint density at radius 2 is 1.70 bits per heavy atom. The van der Waals surface area contributed by atoms with Crippen LogP contribution < -0.4 is 5.32 Å². The molecule has 2 heteroatoms. The van der Waals surface area contributed by atoms with Gasteiger partial charge in [-0.1, -0.05) is 40.0 Å². The van der Waals surface area contributed by atoms with Crippen molar-refractivity contribution in [1.29, 1.82) is 0 Å². The molecule has 0 aromatic carbocycles. The molecule has 1 saturated heterocycles. The second-order valence-electron chi connectivity index (χ2n) is 7.09. The van der Waals surface area contributed by atoms with E-state index in [1.54, 1.807) is 0 Å². The summed E-state index contributed by atoms with van der Waals surface area (Å²) >= 11 is 0. The number of nitrogens with one attached hydrogen (secondary N) is 1. The molecule has 0 radical (unpaired) electrons. The van der Waals surface area contributed by atoms with Crippen LogP contribution in [0.1, 0.15) is 72.1 Å². The largest absolute Gasteiger partial charge is 0.313 e.